The van der Waals surface area contributed by atoms with Crippen LogP contribution < -0.4 is 10.6 Å². The van der Waals surface area contributed by atoms with Crippen LogP contribution in [0.4, 0.5) is 9.59 Å². The smallest absolute Gasteiger partial charge is 0.407 e. The topological polar surface area (TPSA) is 112 Å². The fourth-order valence-corrected chi connectivity index (χ4v) is 5.83. The molecule has 2 aromatic heterocycles. The van der Waals surface area contributed by atoms with E-state index in [1.54, 1.807) is 31.0 Å². The second-order valence-electron chi connectivity index (χ2n) is 13.7. The zero-order valence-corrected chi connectivity index (χ0v) is 28.4. The minimum Gasteiger partial charge on any atom is -0.472 e. The number of alkyl carbamates (subject to hydrolysis) is 2. The number of carbonyl (C=O) groups is 2. The van der Waals surface area contributed by atoms with E-state index in [0.29, 0.717) is 19.3 Å². The van der Waals surface area contributed by atoms with E-state index in [0.717, 1.165) is 16.7 Å². The number of benzene rings is 1. The Morgan fingerprint density at radius 2 is 1.59 bits per heavy atom. The fraction of sp³-hybridized carbons (Fsp3) is 0.500. The predicted octanol–water partition coefficient (Wildman–Crippen LogP) is 7.43. The fourth-order valence-electron chi connectivity index (χ4n) is 4.46. The van der Waals surface area contributed by atoms with Crippen molar-refractivity contribution >= 4 is 20.5 Å². The second kappa shape index (κ2) is 15.4. The van der Waals surface area contributed by atoms with Gasteiger partial charge in [0.25, 0.3) is 0 Å². The van der Waals surface area contributed by atoms with Gasteiger partial charge in [-0.3, -0.25) is 4.98 Å². The van der Waals surface area contributed by atoms with Gasteiger partial charge in [0.15, 0.2) is 8.32 Å². The van der Waals surface area contributed by atoms with Gasteiger partial charge >= 0.3 is 12.2 Å². The zero-order chi connectivity index (χ0) is 32.4. The largest absolute Gasteiger partial charge is 0.472 e. The van der Waals surface area contributed by atoms with Crippen LogP contribution in [0.15, 0.2) is 77.9 Å². The lowest BCUT2D eigenvalue weighted by Crippen LogP contribution is -2.55. The van der Waals surface area contributed by atoms with E-state index < -0.39 is 38.3 Å². The normalized spacial score (nSPS) is 14.3. The standard InChI is InChI=1S/C34H49N3O6Si/c1-33(2,3)42-32(39)37-29(20-25-13-10-9-11-14-25)30(43-44(7,8)34(4,5)6)21-28(19-26-16-18-40-23-26)36-31(38)41-24-27-15-12-17-35-22-27/h9-18,22-23,28-30H,19-21,24H2,1-8H3,(H,36,38)(H,37,39)/t28-,29-,30-/m0/s1. The highest BCUT2D eigenvalue weighted by molar-refractivity contribution is 6.74. The third-order valence-corrected chi connectivity index (χ3v) is 12.2. The molecule has 9 nitrogen and oxygen atoms in total. The molecular weight excluding hydrogens is 574 g/mol. The van der Waals surface area contributed by atoms with Crippen molar-refractivity contribution in [1.29, 1.82) is 0 Å². The van der Waals surface area contributed by atoms with Gasteiger partial charge < -0.3 is 29.0 Å². The van der Waals surface area contributed by atoms with Gasteiger partial charge in [0, 0.05) is 24.0 Å². The summed E-state index contributed by atoms with van der Waals surface area (Å²) >= 11 is 0. The van der Waals surface area contributed by atoms with Gasteiger partial charge in [-0.2, -0.15) is 0 Å². The van der Waals surface area contributed by atoms with E-state index >= 15 is 0 Å². The van der Waals surface area contributed by atoms with Gasteiger partial charge in [-0.1, -0.05) is 57.2 Å². The SMILES string of the molecule is CC(C)(C)OC(=O)N[C@@H](Cc1ccccc1)[C@H](C[C@H](Cc1ccoc1)NC(=O)OCc1cccnc1)O[Si](C)(C)C(C)(C)C. The van der Waals surface area contributed by atoms with Crippen LogP contribution in [0.25, 0.3) is 0 Å². The molecule has 0 radical (unpaired) electrons. The molecule has 0 aliphatic carbocycles. The lowest BCUT2D eigenvalue weighted by molar-refractivity contribution is 0.0412. The highest BCUT2D eigenvalue weighted by Gasteiger charge is 2.42. The van der Waals surface area contributed by atoms with E-state index in [9.17, 15) is 9.59 Å². The summed E-state index contributed by atoms with van der Waals surface area (Å²) in [4.78, 5) is 30.3. The first kappa shape index (κ1) is 34.9. The van der Waals surface area contributed by atoms with Gasteiger partial charge in [-0.05, 0) is 81.4 Å². The average Bonchev–Trinajstić information content (AvgIpc) is 3.43. The number of nitrogens with zero attached hydrogens (tertiary/aromatic N) is 1. The van der Waals surface area contributed by atoms with Crippen LogP contribution in [0.5, 0.6) is 0 Å². The van der Waals surface area contributed by atoms with E-state index in [1.165, 1.54) is 0 Å². The number of rotatable bonds is 13. The first-order valence-corrected chi connectivity index (χ1v) is 18.1. The highest BCUT2D eigenvalue weighted by Crippen LogP contribution is 2.38. The molecule has 3 aromatic rings. The first-order chi connectivity index (χ1) is 20.6. The van der Waals surface area contributed by atoms with Crippen molar-refractivity contribution in [2.45, 2.75) is 109 Å². The minimum atomic E-state index is -2.35. The summed E-state index contributed by atoms with van der Waals surface area (Å²) in [7, 11) is -2.35. The van der Waals surface area contributed by atoms with Crippen molar-refractivity contribution in [2.24, 2.45) is 0 Å². The molecule has 44 heavy (non-hydrogen) atoms. The van der Waals surface area contributed by atoms with Crippen LogP contribution in [-0.4, -0.2) is 49.3 Å². The van der Waals surface area contributed by atoms with Crippen molar-refractivity contribution < 1.29 is 27.9 Å². The van der Waals surface area contributed by atoms with Gasteiger partial charge in [0.2, 0.25) is 0 Å². The Hall–Kier alpha value is -3.63. The van der Waals surface area contributed by atoms with Crippen molar-refractivity contribution in [3.63, 3.8) is 0 Å². The second-order valence-corrected chi connectivity index (χ2v) is 18.5. The summed E-state index contributed by atoms with van der Waals surface area (Å²) in [6, 6.07) is 14.7. The molecular formula is C34H49N3O6Si. The summed E-state index contributed by atoms with van der Waals surface area (Å²) in [6.07, 6.45) is 6.50. The molecule has 1 aromatic carbocycles. The molecule has 0 aliphatic heterocycles. The molecule has 0 unspecified atom stereocenters. The molecule has 0 saturated carbocycles. The number of aromatic nitrogens is 1. The van der Waals surface area contributed by atoms with Crippen LogP contribution in [0, 0.1) is 0 Å². The Bertz CT molecular complexity index is 1290. The molecule has 0 bridgehead atoms. The Labute approximate surface area is 263 Å². The maximum atomic E-state index is 13.2. The molecule has 2 heterocycles. The molecule has 3 atom stereocenters. The summed E-state index contributed by atoms with van der Waals surface area (Å²) in [5, 5.41) is 6.09. The molecule has 10 heteroatoms. The van der Waals surface area contributed by atoms with Gasteiger partial charge in [0.05, 0.1) is 24.7 Å². The number of carbonyl (C=O) groups excluding carboxylic acids is 2. The van der Waals surface area contributed by atoms with Crippen molar-refractivity contribution in [2.75, 3.05) is 0 Å². The predicted molar refractivity (Wildman–Crippen MR) is 174 cm³/mol. The van der Waals surface area contributed by atoms with Crippen LogP contribution in [0.3, 0.4) is 0 Å². The summed E-state index contributed by atoms with van der Waals surface area (Å²) in [5.41, 5.74) is 2.10. The Kier molecular flexibility index (Phi) is 12.2. The molecule has 2 amide bonds. The number of amides is 2. The van der Waals surface area contributed by atoms with E-state index in [4.69, 9.17) is 18.3 Å². The number of furan rings is 1. The Morgan fingerprint density at radius 3 is 2.18 bits per heavy atom. The maximum absolute atomic E-state index is 13.2. The Morgan fingerprint density at radius 1 is 0.886 bits per heavy atom. The third kappa shape index (κ3) is 11.8. The number of hydrogen-bond acceptors (Lipinski definition) is 7. The summed E-state index contributed by atoms with van der Waals surface area (Å²) in [6.45, 7) is 16.5. The van der Waals surface area contributed by atoms with Gasteiger partial charge in [0.1, 0.15) is 12.2 Å². The molecule has 3 rings (SSSR count). The maximum Gasteiger partial charge on any atom is 0.407 e. The van der Waals surface area contributed by atoms with Crippen molar-refractivity contribution in [1.82, 2.24) is 15.6 Å². The summed E-state index contributed by atoms with van der Waals surface area (Å²) < 4.78 is 23.6. The van der Waals surface area contributed by atoms with E-state index in [-0.39, 0.29) is 17.7 Å². The highest BCUT2D eigenvalue weighted by atomic mass is 28.4. The van der Waals surface area contributed by atoms with E-state index in [1.807, 2.05) is 63.2 Å². The number of pyridine rings is 1. The number of nitrogens with one attached hydrogen (secondary N) is 2. The van der Waals surface area contributed by atoms with Crippen molar-refractivity contribution in [3.8, 4) is 0 Å². The zero-order valence-electron chi connectivity index (χ0n) is 27.4. The molecule has 0 aliphatic rings. The number of ether oxygens (including phenoxy) is 2. The third-order valence-electron chi connectivity index (χ3n) is 7.70. The molecule has 240 valence electrons. The Balaban J connectivity index is 1.93. The molecule has 0 fully saturated rings. The lowest BCUT2D eigenvalue weighted by atomic mass is 9.94. The van der Waals surface area contributed by atoms with Crippen LogP contribution >= 0.6 is 0 Å². The van der Waals surface area contributed by atoms with Crippen molar-refractivity contribution in [3.05, 3.63) is 90.1 Å². The minimum absolute atomic E-state index is 0.0927. The quantitative estimate of drug-likeness (QED) is 0.191. The van der Waals surface area contributed by atoms with Crippen LogP contribution in [0.2, 0.25) is 18.1 Å². The number of hydrogen-bond donors (Lipinski definition) is 2. The molecule has 0 spiro atoms. The van der Waals surface area contributed by atoms with Gasteiger partial charge in [-0.25, -0.2) is 9.59 Å². The van der Waals surface area contributed by atoms with Crippen LogP contribution in [0.1, 0.15) is 64.7 Å². The molecule has 2 N–H and O–H groups in total. The monoisotopic (exact) mass is 623 g/mol. The van der Waals surface area contributed by atoms with E-state index in [2.05, 4.69) is 49.5 Å². The van der Waals surface area contributed by atoms with Crippen LogP contribution in [-0.2, 0) is 33.3 Å². The average molecular weight is 624 g/mol. The first-order valence-electron chi connectivity index (χ1n) is 15.2. The summed E-state index contributed by atoms with van der Waals surface area (Å²) in [5.74, 6) is 0. The molecule has 0 saturated heterocycles. The van der Waals surface area contributed by atoms with Gasteiger partial charge in [-0.15, -0.1) is 0 Å². The lowest BCUT2D eigenvalue weighted by Gasteiger charge is -2.42.